The first-order valence-electron chi connectivity index (χ1n) is 8.52. The number of hydrogen-bond donors (Lipinski definition) is 2. The van der Waals surface area contributed by atoms with E-state index in [9.17, 15) is 4.79 Å². The molecular weight excluding hydrogens is 394 g/mol. The van der Waals surface area contributed by atoms with Crippen LogP contribution in [0.2, 0.25) is 0 Å². The molecule has 1 amide bonds. The van der Waals surface area contributed by atoms with Crippen molar-refractivity contribution in [3.8, 4) is 10.8 Å². The molecule has 3 aromatic heterocycles. The summed E-state index contributed by atoms with van der Waals surface area (Å²) in [7, 11) is 0. The van der Waals surface area contributed by atoms with Crippen LogP contribution >= 0.6 is 22.7 Å². The first kappa shape index (κ1) is 18.4. The highest BCUT2D eigenvalue weighted by atomic mass is 32.1. The lowest BCUT2D eigenvalue weighted by Crippen LogP contribution is -2.18. The van der Waals surface area contributed by atoms with Crippen molar-refractivity contribution in [2.24, 2.45) is 0 Å². The van der Waals surface area contributed by atoms with Gasteiger partial charge in [-0.1, -0.05) is 41.7 Å². The van der Waals surface area contributed by atoms with E-state index in [4.69, 9.17) is 0 Å². The summed E-state index contributed by atoms with van der Waals surface area (Å²) < 4.78 is 0. The molecule has 0 radical (unpaired) electrons. The minimum absolute atomic E-state index is 0.154. The fraction of sp³-hybridized carbons (Fsp3) is 0.222. The average Bonchev–Trinajstić information content (AvgIpc) is 3.44. The molecule has 8 nitrogen and oxygen atoms in total. The summed E-state index contributed by atoms with van der Waals surface area (Å²) in [4.78, 5) is 20.8. The van der Waals surface area contributed by atoms with Gasteiger partial charge in [0, 0.05) is 10.8 Å². The maximum atomic E-state index is 12.4. The van der Waals surface area contributed by atoms with Crippen molar-refractivity contribution in [2.75, 3.05) is 5.32 Å². The normalized spacial score (nSPS) is 11.5. The van der Waals surface area contributed by atoms with E-state index in [1.54, 1.807) is 0 Å². The quantitative estimate of drug-likeness (QED) is 0.504. The lowest BCUT2D eigenvalue weighted by molar-refractivity contribution is -0.115. The predicted octanol–water partition coefficient (Wildman–Crippen LogP) is 3.29. The number of nitrogens with one attached hydrogen (secondary N) is 2. The SMILES string of the molecule is CC(C)(c1ccccc1)c1nnc(NC(=O)Cc2csc(-c3ncn[nH]3)n2)s1. The molecule has 1 aromatic carbocycles. The molecule has 4 rings (SSSR count). The summed E-state index contributed by atoms with van der Waals surface area (Å²) >= 11 is 2.79. The Morgan fingerprint density at radius 3 is 2.79 bits per heavy atom. The van der Waals surface area contributed by atoms with E-state index in [2.05, 4.69) is 61.7 Å². The summed E-state index contributed by atoms with van der Waals surface area (Å²) in [5, 5.41) is 21.6. The lowest BCUT2D eigenvalue weighted by atomic mass is 9.85. The molecule has 0 bridgehead atoms. The van der Waals surface area contributed by atoms with Gasteiger partial charge in [0.2, 0.25) is 11.0 Å². The number of benzene rings is 1. The highest BCUT2D eigenvalue weighted by Crippen LogP contribution is 2.34. The molecule has 10 heteroatoms. The molecule has 0 atom stereocenters. The van der Waals surface area contributed by atoms with Crippen LogP contribution in [-0.2, 0) is 16.6 Å². The second-order valence-corrected chi connectivity index (χ2v) is 8.44. The van der Waals surface area contributed by atoms with Crippen molar-refractivity contribution in [3.63, 3.8) is 0 Å². The van der Waals surface area contributed by atoms with Crippen LogP contribution in [0.4, 0.5) is 5.13 Å². The summed E-state index contributed by atoms with van der Waals surface area (Å²) in [5.74, 6) is 0.406. The van der Waals surface area contributed by atoms with Gasteiger partial charge in [-0.25, -0.2) is 9.97 Å². The van der Waals surface area contributed by atoms with Crippen LogP contribution in [-0.4, -0.2) is 36.3 Å². The average molecular weight is 412 g/mol. The zero-order valence-corrected chi connectivity index (χ0v) is 16.8. The van der Waals surface area contributed by atoms with Crippen LogP contribution in [0.3, 0.4) is 0 Å². The maximum absolute atomic E-state index is 12.4. The molecule has 0 aliphatic heterocycles. The smallest absolute Gasteiger partial charge is 0.232 e. The lowest BCUT2D eigenvalue weighted by Gasteiger charge is -2.21. The van der Waals surface area contributed by atoms with E-state index in [1.807, 2.05) is 23.6 Å². The van der Waals surface area contributed by atoms with Gasteiger partial charge in [0.15, 0.2) is 10.8 Å². The van der Waals surface area contributed by atoms with Gasteiger partial charge in [-0.2, -0.15) is 5.10 Å². The number of carbonyl (C=O) groups excluding carboxylic acids is 1. The predicted molar refractivity (Wildman–Crippen MR) is 108 cm³/mol. The molecular formula is C18H17N7OS2. The van der Waals surface area contributed by atoms with Crippen LogP contribution in [0.25, 0.3) is 10.8 Å². The van der Waals surface area contributed by atoms with E-state index >= 15 is 0 Å². The van der Waals surface area contributed by atoms with Crippen LogP contribution in [0, 0.1) is 0 Å². The van der Waals surface area contributed by atoms with E-state index in [1.165, 1.54) is 29.0 Å². The van der Waals surface area contributed by atoms with Gasteiger partial charge in [0.25, 0.3) is 0 Å². The summed E-state index contributed by atoms with van der Waals surface area (Å²) in [6.07, 6.45) is 1.58. The van der Waals surface area contributed by atoms with Crippen molar-refractivity contribution >= 4 is 33.7 Å². The number of aromatic nitrogens is 6. The summed E-state index contributed by atoms with van der Waals surface area (Å²) in [5.41, 5.74) is 1.53. The molecule has 0 unspecified atom stereocenters. The molecule has 28 heavy (non-hydrogen) atoms. The van der Waals surface area contributed by atoms with Crippen LogP contribution in [0.5, 0.6) is 0 Å². The van der Waals surface area contributed by atoms with Crippen LogP contribution in [0.15, 0.2) is 42.0 Å². The summed E-state index contributed by atoms with van der Waals surface area (Å²) in [6, 6.07) is 10.1. The molecule has 0 aliphatic rings. The Bertz CT molecular complexity index is 1070. The number of hydrogen-bond acceptors (Lipinski definition) is 8. The Hall–Kier alpha value is -2.98. The van der Waals surface area contributed by atoms with Crippen LogP contribution < -0.4 is 5.32 Å². The number of anilines is 1. The van der Waals surface area contributed by atoms with E-state index in [-0.39, 0.29) is 17.7 Å². The standard InChI is InChI=1S/C18H17N7OS2/c1-18(2,11-6-4-3-5-7-11)16-24-25-17(28-16)22-13(26)8-12-9-27-15(21-12)14-19-10-20-23-14/h3-7,9-10H,8H2,1-2H3,(H,19,20,23)(H,22,25,26). The van der Waals surface area contributed by atoms with E-state index in [0.717, 1.165) is 10.6 Å². The number of aromatic amines is 1. The van der Waals surface area contributed by atoms with Crippen LogP contribution in [0.1, 0.15) is 30.1 Å². The van der Waals surface area contributed by atoms with Gasteiger partial charge in [0.05, 0.1) is 12.1 Å². The van der Waals surface area contributed by atoms with Gasteiger partial charge in [-0.05, 0) is 19.4 Å². The minimum atomic E-state index is -0.289. The van der Waals surface area contributed by atoms with Crippen molar-refractivity contribution in [2.45, 2.75) is 25.7 Å². The van der Waals surface area contributed by atoms with E-state index in [0.29, 0.717) is 21.7 Å². The van der Waals surface area contributed by atoms with Crippen molar-refractivity contribution < 1.29 is 4.79 Å². The molecule has 3 heterocycles. The topological polar surface area (TPSA) is 109 Å². The Labute approximate surface area is 169 Å². The maximum Gasteiger partial charge on any atom is 0.232 e. The van der Waals surface area contributed by atoms with Crippen molar-refractivity contribution in [1.29, 1.82) is 0 Å². The summed E-state index contributed by atoms with van der Waals surface area (Å²) in [6.45, 7) is 4.18. The number of nitrogens with zero attached hydrogens (tertiary/aromatic N) is 5. The van der Waals surface area contributed by atoms with Gasteiger partial charge < -0.3 is 5.32 Å². The number of carbonyl (C=O) groups is 1. The van der Waals surface area contributed by atoms with Gasteiger partial charge in [0.1, 0.15) is 11.3 Å². The Morgan fingerprint density at radius 2 is 2.04 bits per heavy atom. The Balaban J connectivity index is 1.42. The molecule has 4 aromatic rings. The molecule has 142 valence electrons. The third-order valence-corrected chi connectivity index (χ3v) is 6.27. The number of H-pyrrole nitrogens is 1. The van der Waals surface area contributed by atoms with Crippen molar-refractivity contribution in [3.05, 3.63) is 58.3 Å². The molecule has 0 aliphatic carbocycles. The third kappa shape index (κ3) is 3.82. The van der Waals surface area contributed by atoms with Crippen molar-refractivity contribution in [1.82, 2.24) is 30.4 Å². The van der Waals surface area contributed by atoms with Gasteiger partial charge >= 0.3 is 0 Å². The largest absolute Gasteiger partial charge is 0.300 e. The minimum Gasteiger partial charge on any atom is -0.300 e. The number of amides is 1. The monoisotopic (exact) mass is 411 g/mol. The van der Waals surface area contributed by atoms with Gasteiger partial charge in [-0.15, -0.1) is 21.5 Å². The highest BCUT2D eigenvalue weighted by molar-refractivity contribution is 7.15. The molecule has 2 N–H and O–H groups in total. The Morgan fingerprint density at radius 1 is 1.21 bits per heavy atom. The second-order valence-electron chi connectivity index (χ2n) is 6.61. The first-order chi connectivity index (χ1) is 13.5. The molecule has 0 saturated heterocycles. The number of thiazole rings is 1. The molecule has 0 fully saturated rings. The van der Waals surface area contributed by atoms with Gasteiger partial charge in [-0.3, -0.25) is 9.89 Å². The second kappa shape index (κ2) is 7.56. The fourth-order valence-corrected chi connectivity index (χ4v) is 4.29. The first-order valence-corrected chi connectivity index (χ1v) is 10.2. The number of rotatable bonds is 6. The highest BCUT2D eigenvalue weighted by Gasteiger charge is 2.27. The molecule has 0 saturated carbocycles. The third-order valence-electron chi connectivity index (χ3n) is 4.21. The zero-order chi connectivity index (χ0) is 19.6. The Kier molecular flexibility index (Phi) is 4.97. The fourth-order valence-electron chi connectivity index (χ4n) is 2.64. The zero-order valence-electron chi connectivity index (χ0n) is 15.2. The van der Waals surface area contributed by atoms with E-state index < -0.39 is 0 Å². The molecule has 0 spiro atoms.